The third-order valence-corrected chi connectivity index (χ3v) is 6.02. The minimum atomic E-state index is -1.01. The molecule has 1 aliphatic rings. The van der Waals surface area contributed by atoms with E-state index in [0.717, 1.165) is 15.5 Å². The first-order valence-corrected chi connectivity index (χ1v) is 10.4. The smallest absolute Gasteiger partial charge is 0.262 e. The van der Waals surface area contributed by atoms with E-state index in [9.17, 15) is 14.4 Å². The number of carbonyl (C=O) groups excluding carboxylic acids is 3. The monoisotopic (exact) mass is 420 g/mol. The summed E-state index contributed by atoms with van der Waals surface area (Å²) in [5.74, 6) is -1.22. The highest BCUT2D eigenvalue weighted by atomic mass is 32.1. The topological polar surface area (TPSA) is 92.3 Å². The molecule has 1 N–H and O–H groups in total. The molecule has 4 rings (SSSR count). The SMILES string of the molecule is CC(C)c1nnc(NC(=O)[C@@H](Cc2ccccc2)N2C(=O)c3ccccc3C2=O)s1. The second-order valence-electron chi connectivity index (χ2n) is 7.32. The Morgan fingerprint density at radius 2 is 1.57 bits per heavy atom. The van der Waals surface area contributed by atoms with Gasteiger partial charge in [0.15, 0.2) is 0 Å². The fourth-order valence-electron chi connectivity index (χ4n) is 3.34. The van der Waals surface area contributed by atoms with Crippen LogP contribution in [0.25, 0.3) is 0 Å². The van der Waals surface area contributed by atoms with Crippen LogP contribution in [-0.4, -0.2) is 38.9 Å². The number of aromatic nitrogens is 2. The largest absolute Gasteiger partial charge is 0.299 e. The number of rotatable bonds is 6. The summed E-state index contributed by atoms with van der Waals surface area (Å²) < 4.78 is 0. The van der Waals surface area contributed by atoms with Gasteiger partial charge in [0.2, 0.25) is 11.0 Å². The van der Waals surface area contributed by atoms with Gasteiger partial charge >= 0.3 is 0 Å². The van der Waals surface area contributed by atoms with Gasteiger partial charge in [-0.2, -0.15) is 0 Å². The van der Waals surface area contributed by atoms with Gasteiger partial charge in [0, 0.05) is 12.3 Å². The van der Waals surface area contributed by atoms with E-state index in [2.05, 4.69) is 15.5 Å². The van der Waals surface area contributed by atoms with Crippen molar-refractivity contribution >= 4 is 34.2 Å². The zero-order valence-electron chi connectivity index (χ0n) is 16.5. The molecule has 0 unspecified atom stereocenters. The summed E-state index contributed by atoms with van der Waals surface area (Å²) >= 11 is 1.28. The lowest BCUT2D eigenvalue weighted by Gasteiger charge is -2.25. The zero-order chi connectivity index (χ0) is 21.3. The number of carbonyl (C=O) groups is 3. The first-order valence-electron chi connectivity index (χ1n) is 9.61. The van der Waals surface area contributed by atoms with Crippen LogP contribution in [0.5, 0.6) is 0 Å². The lowest BCUT2D eigenvalue weighted by atomic mass is 10.0. The molecule has 2 heterocycles. The van der Waals surface area contributed by atoms with Crippen LogP contribution in [0.4, 0.5) is 5.13 Å². The maximum Gasteiger partial charge on any atom is 0.262 e. The molecule has 3 amide bonds. The van der Waals surface area contributed by atoms with Crippen molar-refractivity contribution in [2.24, 2.45) is 0 Å². The van der Waals surface area contributed by atoms with Crippen molar-refractivity contribution in [1.82, 2.24) is 15.1 Å². The van der Waals surface area contributed by atoms with E-state index in [0.29, 0.717) is 16.3 Å². The van der Waals surface area contributed by atoms with Gasteiger partial charge in [0.1, 0.15) is 11.0 Å². The molecule has 0 saturated carbocycles. The van der Waals surface area contributed by atoms with Crippen molar-refractivity contribution in [3.05, 3.63) is 76.3 Å². The molecule has 0 radical (unpaired) electrons. The van der Waals surface area contributed by atoms with Crippen LogP contribution in [0.15, 0.2) is 54.6 Å². The van der Waals surface area contributed by atoms with Crippen molar-refractivity contribution in [1.29, 1.82) is 0 Å². The first-order chi connectivity index (χ1) is 14.5. The van der Waals surface area contributed by atoms with Crippen molar-refractivity contribution < 1.29 is 14.4 Å². The van der Waals surface area contributed by atoms with Crippen LogP contribution in [0.2, 0.25) is 0 Å². The Balaban J connectivity index is 1.65. The molecule has 1 aliphatic heterocycles. The Morgan fingerprint density at radius 3 is 2.13 bits per heavy atom. The minimum Gasteiger partial charge on any atom is -0.299 e. The third-order valence-electron chi connectivity index (χ3n) is 4.88. The number of hydrogen-bond acceptors (Lipinski definition) is 6. The van der Waals surface area contributed by atoms with Gasteiger partial charge in [-0.1, -0.05) is 67.6 Å². The Morgan fingerprint density at radius 1 is 0.967 bits per heavy atom. The Kier molecular flexibility index (Phi) is 5.41. The zero-order valence-corrected chi connectivity index (χ0v) is 17.3. The summed E-state index contributed by atoms with van der Waals surface area (Å²) in [6.45, 7) is 3.98. The van der Waals surface area contributed by atoms with Crippen LogP contribution in [0, 0.1) is 0 Å². The Labute approximate surface area is 177 Å². The molecule has 30 heavy (non-hydrogen) atoms. The summed E-state index contributed by atoms with van der Waals surface area (Å²) in [5.41, 5.74) is 1.46. The molecular formula is C22H20N4O3S. The second kappa shape index (κ2) is 8.16. The molecule has 0 bridgehead atoms. The molecule has 152 valence electrons. The van der Waals surface area contributed by atoms with E-state index in [1.807, 2.05) is 44.2 Å². The summed E-state index contributed by atoms with van der Waals surface area (Å²) in [6, 6.07) is 14.9. The number of nitrogens with one attached hydrogen (secondary N) is 1. The molecule has 0 spiro atoms. The molecule has 1 aromatic heterocycles. The lowest BCUT2D eigenvalue weighted by Crippen LogP contribution is -2.48. The quantitative estimate of drug-likeness (QED) is 0.616. The molecule has 2 aromatic carbocycles. The molecule has 0 saturated heterocycles. The summed E-state index contributed by atoms with van der Waals surface area (Å²) in [6.07, 6.45) is 0.202. The van der Waals surface area contributed by atoms with Gasteiger partial charge in [-0.05, 0) is 17.7 Å². The molecule has 1 atom stereocenters. The van der Waals surface area contributed by atoms with E-state index >= 15 is 0 Å². The van der Waals surface area contributed by atoms with E-state index in [1.165, 1.54) is 11.3 Å². The number of anilines is 1. The van der Waals surface area contributed by atoms with Gasteiger partial charge in [0.25, 0.3) is 11.8 Å². The number of imide groups is 1. The highest BCUT2D eigenvalue weighted by molar-refractivity contribution is 7.15. The normalized spacial score (nSPS) is 14.2. The highest BCUT2D eigenvalue weighted by Gasteiger charge is 2.42. The fourth-order valence-corrected chi connectivity index (χ4v) is 4.09. The van der Waals surface area contributed by atoms with E-state index < -0.39 is 23.8 Å². The second-order valence-corrected chi connectivity index (χ2v) is 8.33. The van der Waals surface area contributed by atoms with E-state index in [-0.39, 0.29) is 12.3 Å². The standard InChI is InChI=1S/C22H20N4O3S/c1-13(2)19-24-25-22(30-19)23-18(27)17(12-14-8-4-3-5-9-14)26-20(28)15-10-6-7-11-16(15)21(26)29/h3-11,13,17H,12H2,1-2H3,(H,23,25,27)/t17-/m1/s1. The van der Waals surface area contributed by atoms with Crippen LogP contribution in [-0.2, 0) is 11.2 Å². The number of benzene rings is 2. The van der Waals surface area contributed by atoms with Crippen LogP contribution in [0.1, 0.15) is 51.1 Å². The Bertz CT molecular complexity index is 1080. The van der Waals surface area contributed by atoms with Crippen molar-refractivity contribution in [3.8, 4) is 0 Å². The minimum absolute atomic E-state index is 0.185. The Hall–Kier alpha value is -3.39. The summed E-state index contributed by atoms with van der Waals surface area (Å²) in [7, 11) is 0. The van der Waals surface area contributed by atoms with Crippen LogP contribution in [0.3, 0.4) is 0 Å². The predicted molar refractivity (Wildman–Crippen MR) is 114 cm³/mol. The number of fused-ring (bicyclic) bond motifs is 1. The van der Waals surface area contributed by atoms with Gasteiger partial charge in [-0.15, -0.1) is 10.2 Å². The molecule has 0 fully saturated rings. The van der Waals surface area contributed by atoms with E-state index in [1.54, 1.807) is 24.3 Å². The lowest BCUT2D eigenvalue weighted by molar-refractivity contribution is -0.119. The van der Waals surface area contributed by atoms with Crippen molar-refractivity contribution in [2.75, 3.05) is 5.32 Å². The molecule has 7 nitrogen and oxygen atoms in total. The van der Waals surface area contributed by atoms with Crippen molar-refractivity contribution in [3.63, 3.8) is 0 Å². The summed E-state index contributed by atoms with van der Waals surface area (Å²) in [5, 5.41) is 12.0. The maximum atomic E-state index is 13.2. The molecule has 0 aliphatic carbocycles. The summed E-state index contributed by atoms with van der Waals surface area (Å²) in [4.78, 5) is 40.2. The van der Waals surface area contributed by atoms with Crippen molar-refractivity contribution in [2.45, 2.75) is 32.2 Å². The van der Waals surface area contributed by atoms with Gasteiger partial charge in [0.05, 0.1) is 11.1 Å². The number of hydrogen-bond donors (Lipinski definition) is 1. The molecule has 3 aromatic rings. The molecule has 8 heteroatoms. The number of amides is 3. The van der Waals surface area contributed by atoms with Crippen LogP contribution >= 0.6 is 11.3 Å². The average molecular weight is 420 g/mol. The van der Waals surface area contributed by atoms with Gasteiger partial charge in [-0.3, -0.25) is 24.6 Å². The third kappa shape index (κ3) is 3.73. The maximum absolute atomic E-state index is 13.2. The van der Waals surface area contributed by atoms with Gasteiger partial charge < -0.3 is 0 Å². The average Bonchev–Trinajstić information content (AvgIpc) is 3.31. The van der Waals surface area contributed by atoms with Crippen LogP contribution < -0.4 is 5.32 Å². The number of nitrogens with zero attached hydrogens (tertiary/aromatic N) is 3. The predicted octanol–water partition coefficient (Wildman–Crippen LogP) is 3.51. The molecular weight excluding hydrogens is 400 g/mol. The van der Waals surface area contributed by atoms with E-state index in [4.69, 9.17) is 0 Å². The van der Waals surface area contributed by atoms with Gasteiger partial charge in [-0.25, -0.2) is 0 Å². The highest BCUT2D eigenvalue weighted by Crippen LogP contribution is 2.27. The first kappa shape index (κ1) is 19.9. The fraction of sp³-hybridized carbons (Fsp3) is 0.227.